The standard InChI is InChI=1S/C10H12ClNS/c1-6-5-13-10-7(9(6)12)3-2-4-8(10)11/h2-4,6,9H,5,12H2,1H3. The summed E-state index contributed by atoms with van der Waals surface area (Å²) in [6.07, 6.45) is 0. The first-order chi connectivity index (χ1) is 6.20. The minimum absolute atomic E-state index is 0.148. The van der Waals surface area contributed by atoms with Crippen molar-refractivity contribution < 1.29 is 0 Å². The summed E-state index contributed by atoms with van der Waals surface area (Å²) in [5.41, 5.74) is 7.29. The number of thioether (sulfide) groups is 1. The van der Waals surface area contributed by atoms with E-state index in [0.29, 0.717) is 5.92 Å². The van der Waals surface area contributed by atoms with E-state index >= 15 is 0 Å². The molecule has 0 aliphatic carbocycles. The van der Waals surface area contributed by atoms with E-state index in [1.54, 1.807) is 0 Å². The van der Waals surface area contributed by atoms with Gasteiger partial charge in [0.2, 0.25) is 0 Å². The predicted octanol–water partition coefficient (Wildman–Crippen LogP) is 3.08. The Hall–Kier alpha value is -0.180. The van der Waals surface area contributed by atoms with Crippen LogP contribution in [0.3, 0.4) is 0 Å². The van der Waals surface area contributed by atoms with Crippen molar-refractivity contribution in [1.82, 2.24) is 0 Å². The van der Waals surface area contributed by atoms with Crippen LogP contribution in [-0.2, 0) is 0 Å². The molecule has 0 fully saturated rings. The van der Waals surface area contributed by atoms with Crippen molar-refractivity contribution in [2.45, 2.75) is 17.9 Å². The Kier molecular flexibility index (Phi) is 2.54. The Morgan fingerprint density at radius 3 is 3.08 bits per heavy atom. The summed E-state index contributed by atoms with van der Waals surface area (Å²) in [6, 6.07) is 6.12. The van der Waals surface area contributed by atoms with E-state index in [2.05, 4.69) is 13.0 Å². The number of halogens is 1. The molecule has 1 heterocycles. The normalized spacial score (nSPS) is 27.0. The molecular weight excluding hydrogens is 202 g/mol. The van der Waals surface area contributed by atoms with Gasteiger partial charge >= 0.3 is 0 Å². The van der Waals surface area contributed by atoms with Gasteiger partial charge in [-0.3, -0.25) is 0 Å². The highest BCUT2D eigenvalue weighted by Gasteiger charge is 2.24. The molecule has 1 aliphatic rings. The highest BCUT2D eigenvalue weighted by atomic mass is 35.5. The summed E-state index contributed by atoms with van der Waals surface area (Å²) in [4.78, 5) is 1.18. The van der Waals surface area contributed by atoms with E-state index in [1.807, 2.05) is 23.9 Å². The molecule has 2 rings (SSSR count). The molecule has 1 aromatic rings. The maximum Gasteiger partial charge on any atom is 0.0545 e. The zero-order valence-corrected chi connectivity index (χ0v) is 9.03. The van der Waals surface area contributed by atoms with E-state index in [1.165, 1.54) is 10.5 Å². The average molecular weight is 214 g/mol. The fourth-order valence-corrected chi connectivity index (χ4v) is 3.12. The lowest BCUT2D eigenvalue weighted by atomic mass is 9.96. The summed E-state index contributed by atoms with van der Waals surface area (Å²) in [5, 5.41) is 0.838. The van der Waals surface area contributed by atoms with E-state index in [-0.39, 0.29) is 6.04 Å². The van der Waals surface area contributed by atoms with Crippen molar-refractivity contribution in [3.8, 4) is 0 Å². The van der Waals surface area contributed by atoms with Crippen LogP contribution in [0, 0.1) is 5.92 Å². The maximum atomic E-state index is 6.09. The Labute approximate surface area is 87.7 Å². The number of fused-ring (bicyclic) bond motifs is 1. The van der Waals surface area contributed by atoms with Crippen LogP contribution < -0.4 is 5.73 Å². The van der Waals surface area contributed by atoms with Crippen LogP contribution in [0.25, 0.3) is 0 Å². The van der Waals surface area contributed by atoms with Crippen LogP contribution in [0.15, 0.2) is 23.1 Å². The smallest absolute Gasteiger partial charge is 0.0545 e. The topological polar surface area (TPSA) is 26.0 Å². The lowest BCUT2D eigenvalue weighted by Gasteiger charge is -2.28. The van der Waals surface area contributed by atoms with Crippen LogP contribution in [0.4, 0.5) is 0 Å². The van der Waals surface area contributed by atoms with Gasteiger partial charge in [0.05, 0.1) is 5.02 Å². The van der Waals surface area contributed by atoms with Crippen LogP contribution in [0.2, 0.25) is 5.02 Å². The fourth-order valence-electron chi connectivity index (χ4n) is 1.57. The first-order valence-corrected chi connectivity index (χ1v) is 5.73. The second kappa shape index (κ2) is 3.52. The zero-order chi connectivity index (χ0) is 9.42. The number of nitrogens with two attached hydrogens (primary N) is 1. The van der Waals surface area contributed by atoms with Gasteiger partial charge in [0, 0.05) is 16.7 Å². The van der Waals surface area contributed by atoms with Crippen LogP contribution >= 0.6 is 23.4 Å². The first kappa shape index (κ1) is 9.38. The van der Waals surface area contributed by atoms with Crippen LogP contribution in [-0.4, -0.2) is 5.75 Å². The fraction of sp³-hybridized carbons (Fsp3) is 0.400. The molecule has 0 bridgehead atoms. The molecule has 0 aromatic heterocycles. The first-order valence-electron chi connectivity index (χ1n) is 4.37. The SMILES string of the molecule is CC1CSc2c(Cl)cccc2C1N. The van der Waals surface area contributed by atoms with Crippen LogP contribution in [0.1, 0.15) is 18.5 Å². The molecule has 1 aromatic carbocycles. The molecule has 1 aliphatic heterocycles. The van der Waals surface area contributed by atoms with E-state index < -0.39 is 0 Å². The molecule has 0 saturated carbocycles. The lowest BCUT2D eigenvalue weighted by Crippen LogP contribution is -2.24. The molecule has 13 heavy (non-hydrogen) atoms. The highest BCUT2D eigenvalue weighted by molar-refractivity contribution is 7.99. The summed E-state index contributed by atoms with van der Waals surface area (Å²) in [6.45, 7) is 2.18. The van der Waals surface area contributed by atoms with Crippen molar-refractivity contribution >= 4 is 23.4 Å². The third-order valence-corrected chi connectivity index (χ3v) is 4.32. The summed E-state index contributed by atoms with van der Waals surface area (Å²) in [7, 11) is 0. The van der Waals surface area contributed by atoms with Crippen molar-refractivity contribution in [3.05, 3.63) is 28.8 Å². The minimum atomic E-state index is 0.148. The molecule has 0 amide bonds. The van der Waals surface area contributed by atoms with Crippen molar-refractivity contribution in [2.24, 2.45) is 11.7 Å². The second-order valence-corrected chi connectivity index (χ2v) is 4.91. The minimum Gasteiger partial charge on any atom is -0.324 e. The maximum absolute atomic E-state index is 6.09. The monoisotopic (exact) mass is 213 g/mol. The van der Waals surface area contributed by atoms with Gasteiger partial charge in [0.15, 0.2) is 0 Å². The van der Waals surface area contributed by atoms with E-state index in [4.69, 9.17) is 17.3 Å². The Balaban J connectivity index is 2.49. The summed E-state index contributed by atoms with van der Waals surface area (Å²) in [5.74, 6) is 1.61. The molecule has 2 unspecified atom stereocenters. The molecule has 0 spiro atoms. The van der Waals surface area contributed by atoms with Gasteiger partial charge in [-0.25, -0.2) is 0 Å². The third kappa shape index (κ3) is 1.58. The number of hydrogen-bond acceptors (Lipinski definition) is 2. The number of benzene rings is 1. The third-order valence-electron chi connectivity index (χ3n) is 2.46. The molecule has 0 radical (unpaired) electrons. The molecule has 70 valence electrons. The molecular formula is C10H12ClNS. The van der Waals surface area contributed by atoms with E-state index in [9.17, 15) is 0 Å². The summed E-state index contributed by atoms with van der Waals surface area (Å²) >= 11 is 7.89. The van der Waals surface area contributed by atoms with Gasteiger partial charge in [-0.2, -0.15) is 0 Å². The average Bonchev–Trinajstić information content (AvgIpc) is 2.12. The second-order valence-electron chi connectivity index (χ2n) is 3.47. The molecule has 2 N–H and O–H groups in total. The molecule has 1 nitrogen and oxygen atoms in total. The van der Waals surface area contributed by atoms with Crippen molar-refractivity contribution in [3.63, 3.8) is 0 Å². The van der Waals surface area contributed by atoms with Gasteiger partial charge in [-0.15, -0.1) is 11.8 Å². The van der Waals surface area contributed by atoms with Gasteiger partial charge in [0.25, 0.3) is 0 Å². The zero-order valence-electron chi connectivity index (χ0n) is 7.46. The Morgan fingerprint density at radius 2 is 2.31 bits per heavy atom. The number of rotatable bonds is 0. The molecule has 3 heteroatoms. The molecule has 2 atom stereocenters. The van der Waals surface area contributed by atoms with E-state index in [0.717, 1.165) is 10.8 Å². The largest absolute Gasteiger partial charge is 0.324 e. The highest BCUT2D eigenvalue weighted by Crippen LogP contribution is 2.41. The van der Waals surface area contributed by atoms with Gasteiger partial charge in [-0.05, 0) is 17.5 Å². The lowest BCUT2D eigenvalue weighted by molar-refractivity contribution is 0.507. The van der Waals surface area contributed by atoms with Crippen molar-refractivity contribution in [1.29, 1.82) is 0 Å². The van der Waals surface area contributed by atoms with Crippen LogP contribution in [0.5, 0.6) is 0 Å². The van der Waals surface area contributed by atoms with Gasteiger partial charge < -0.3 is 5.73 Å². The predicted molar refractivity (Wildman–Crippen MR) is 58.3 cm³/mol. The quantitative estimate of drug-likeness (QED) is 0.717. The molecule has 0 saturated heterocycles. The van der Waals surface area contributed by atoms with Gasteiger partial charge in [0.1, 0.15) is 0 Å². The Morgan fingerprint density at radius 1 is 1.54 bits per heavy atom. The van der Waals surface area contributed by atoms with Gasteiger partial charge in [-0.1, -0.05) is 30.7 Å². The summed E-state index contributed by atoms with van der Waals surface area (Å²) < 4.78 is 0. The number of hydrogen-bond donors (Lipinski definition) is 1. The van der Waals surface area contributed by atoms with Crippen molar-refractivity contribution in [2.75, 3.05) is 5.75 Å². The Bertz CT molecular complexity index is 327.